The molecule has 2 aromatic heterocycles. The number of fused-ring (bicyclic) bond motifs is 1. The van der Waals surface area contributed by atoms with Crippen molar-refractivity contribution < 1.29 is 4.79 Å². The summed E-state index contributed by atoms with van der Waals surface area (Å²) in [6.07, 6.45) is 5.92. The molecule has 3 aromatic rings. The number of benzene rings is 1. The van der Waals surface area contributed by atoms with Gasteiger partial charge in [-0.2, -0.15) is 0 Å². The number of nitrogens with zero attached hydrogens (tertiary/aromatic N) is 1. The number of amides is 1. The number of rotatable bonds is 4. The van der Waals surface area contributed by atoms with Crippen LogP contribution in [0.2, 0.25) is 0 Å². The first-order valence-electron chi connectivity index (χ1n) is 6.17. The lowest BCUT2D eigenvalue weighted by atomic mass is 10.1. The van der Waals surface area contributed by atoms with Crippen molar-refractivity contribution in [1.29, 1.82) is 0 Å². The smallest absolute Gasteiger partial charge is 0.253 e. The van der Waals surface area contributed by atoms with E-state index in [4.69, 9.17) is 0 Å². The van der Waals surface area contributed by atoms with Gasteiger partial charge in [0.1, 0.15) is 5.82 Å². The van der Waals surface area contributed by atoms with Gasteiger partial charge < -0.3 is 15.3 Å². The van der Waals surface area contributed by atoms with Gasteiger partial charge in [0.05, 0.1) is 5.56 Å². The van der Waals surface area contributed by atoms with Crippen molar-refractivity contribution in [3.05, 3.63) is 54.2 Å². The number of para-hydroxylation sites is 1. The SMILES string of the molecule is O=C(NCCc1ncc[nH]1)c1c[nH]c2ccccc12. The summed E-state index contributed by atoms with van der Waals surface area (Å²) in [5.41, 5.74) is 1.65. The van der Waals surface area contributed by atoms with Crippen molar-refractivity contribution >= 4 is 16.8 Å². The van der Waals surface area contributed by atoms with Gasteiger partial charge in [0.15, 0.2) is 0 Å². The highest BCUT2D eigenvalue weighted by atomic mass is 16.1. The molecule has 5 nitrogen and oxygen atoms in total. The van der Waals surface area contributed by atoms with E-state index in [1.807, 2.05) is 24.3 Å². The molecule has 3 N–H and O–H groups in total. The number of carbonyl (C=O) groups is 1. The van der Waals surface area contributed by atoms with Gasteiger partial charge in [0.2, 0.25) is 0 Å². The molecule has 2 heterocycles. The molecular weight excluding hydrogens is 240 g/mol. The van der Waals surface area contributed by atoms with Gasteiger partial charge in [-0.25, -0.2) is 4.98 Å². The van der Waals surface area contributed by atoms with Crippen LogP contribution in [-0.4, -0.2) is 27.4 Å². The largest absolute Gasteiger partial charge is 0.360 e. The molecule has 0 atom stereocenters. The minimum Gasteiger partial charge on any atom is -0.360 e. The number of aromatic amines is 2. The second-order valence-corrected chi connectivity index (χ2v) is 4.29. The maximum absolute atomic E-state index is 12.1. The van der Waals surface area contributed by atoms with E-state index >= 15 is 0 Å². The van der Waals surface area contributed by atoms with Crippen molar-refractivity contribution in [2.24, 2.45) is 0 Å². The minimum absolute atomic E-state index is 0.0657. The standard InChI is InChI=1S/C14H14N4O/c19-14(17-6-5-13-15-7-8-16-13)11-9-18-12-4-2-1-3-10(11)12/h1-4,7-9,18H,5-6H2,(H,15,16)(H,17,19). The predicted molar refractivity (Wildman–Crippen MR) is 72.9 cm³/mol. The van der Waals surface area contributed by atoms with Crippen LogP contribution in [0, 0.1) is 0 Å². The van der Waals surface area contributed by atoms with Crippen LogP contribution >= 0.6 is 0 Å². The lowest BCUT2D eigenvalue weighted by Gasteiger charge is -2.02. The molecule has 0 bridgehead atoms. The Morgan fingerprint density at radius 3 is 3.00 bits per heavy atom. The molecule has 0 aliphatic heterocycles. The highest BCUT2D eigenvalue weighted by Gasteiger charge is 2.10. The second-order valence-electron chi connectivity index (χ2n) is 4.29. The molecule has 1 amide bonds. The van der Waals surface area contributed by atoms with E-state index < -0.39 is 0 Å². The Hall–Kier alpha value is -2.56. The third-order valence-electron chi connectivity index (χ3n) is 3.04. The molecule has 0 unspecified atom stereocenters. The average molecular weight is 254 g/mol. The van der Waals surface area contributed by atoms with Gasteiger partial charge in [-0.1, -0.05) is 18.2 Å². The molecule has 0 saturated carbocycles. The van der Waals surface area contributed by atoms with Crippen molar-refractivity contribution in [3.8, 4) is 0 Å². The normalized spacial score (nSPS) is 10.7. The quantitative estimate of drug-likeness (QED) is 0.665. The molecule has 0 aliphatic carbocycles. The van der Waals surface area contributed by atoms with Crippen LogP contribution in [0.3, 0.4) is 0 Å². The molecule has 19 heavy (non-hydrogen) atoms. The summed E-state index contributed by atoms with van der Waals surface area (Å²) < 4.78 is 0. The van der Waals surface area contributed by atoms with Crippen molar-refractivity contribution in [2.75, 3.05) is 6.54 Å². The van der Waals surface area contributed by atoms with Crippen LogP contribution in [0.1, 0.15) is 16.2 Å². The monoisotopic (exact) mass is 254 g/mol. The van der Waals surface area contributed by atoms with Gasteiger partial charge in [-0.15, -0.1) is 0 Å². The van der Waals surface area contributed by atoms with Crippen LogP contribution in [0.4, 0.5) is 0 Å². The first-order chi connectivity index (χ1) is 9.34. The maximum atomic E-state index is 12.1. The highest BCUT2D eigenvalue weighted by Crippen LogP contribution is 2.17. The third kappa shape index (κ3) is 2.35. The van der Waals surface area contributed by atoms with Crippen LogP contribution in [0.25, 0.3) is 10.9 Å². The van der Waals surface area contributed by atoms with Gasteiger partial charge in [-0.05, 0) is 6.07 Å². The van der Waals surface area contributed by atoms with Crippen molar-refractivity contribution in [2.45, 2.75) is 6.42 Å². The van der Waals surface area contributed by atoms with E-state index in [1.165, 1.54) is 0 Å². The number of H-pyrrole nitrogens is 2. The Kier molecular flexibility index (Phi) is 3.02. The number of aromatic nitrogens is 3. The number of hydrogen-bond donors (Lipinski definition) is 3. The summed E-state index contributed by atoms with van der Waals surface area (Å²) in [6.45, 7) is 0.561. The molecule has 0 aliphatic rings. The summed E-state index contributed by atoms with van der Waals surface area (Å²) >= 11 is 0. The van der Waals surface area contributed by atoms with E-state index in [9.17, 15) is 4.79 Å². The third-order valence-corrected chi connectivity index (χ3v) is 3.04. The molecule has 96 valence electrons. The Balaban J connectivity index is 1.67. The molecule has 0 spiro atoms. The Labute approximate surface area is 110 Å². The fourth-order valence-electron chi connectivity index (χ4n) is 2.08. The number of imidazole rings is 1. The fourth-order valence-corrected chi connectivity index (χ4v) is 2.08. The summed E-state index contributed by atoms with van der Waals surface area (Å²) in [7, 11) is 0. The Bertz CT molecular complexity index is 684. The zero-order valence-corrected chi connectivity index (χ0v) is 10.3. The number of nitrogens with one attached hydrogen (secondary N) is 3. The fraction of sp³-hybridized carbons (Fsp3) is 0.143. The van der Waals surface area contributed by atoms with Crippen LogP contribution in [0.15, 0.2) is 42.9 Å². The molecular formula is C14H14N4O. The Morgan fingerprint density at radius 1 is 1.26 bits per heavy atom. The van der Waals surface area contributed by atoms with E-state index in [1.54, 1.807) is 18.6 Å². The van der Waals surface area contributed by atoms with Gasteiger partial charge >= 0.3 is 0 Å². The van der Waals surface area contributed by atoms with E-state index in [0.29, 0.717) is 18.5 Å². The lowest BCUT2D eigenvalue weighted by molar-refractivity contribution is 0.0955. The summed E-state index contributed by atoms with van der Waals surface area (Å²) in [5.74, 6) is 0.809. The first kappa shape index (κ1) is 11.5. The highest BCUT2D eigenvalue weighted by molar-refractivity contribution is 6.06. The van der Waals surface area contributed by atoms with Gasteiger partial charge in [0.25, 0.3) is 5.91 Å². The summed E-state index contributed by atoms with van der Waals surface area (Å²) in [6, 6.07) is 7.76. The zero-order chi connectivity index (χ0) is 13.1. The molecule has 3 rings (SSSR count). The minimum atomic E-state index is -0.0657. The van der Waals surface area contributed by atoms with E-state index in [0.717, 1.165) is 16.7 Å². The molecule has 0 fully saturated rings. The zero-order valence-electron chi connectivity index (χ0n) is 10.3. The maximum Gasteiger partial charge on any atom is 0.253 e. The molecule has 0 saturated heterocycles. The summed E-state index contributed by atoms with van der Waals surface area (Å²) in [4.78, 5) is 22.3. The van der Waals surface area contributed by atoms with Gasteiger partial charge in [0, 0.05) is 42.5 Å². The second kappa shape index (κ2) is 4.97. The summed E-state index contributed by atoms with van der Waals surface area (Å²) in [5, 5.41) is 3.84. The lowest BCUT2D eigenvalue weighted by Crippen LogP contribution is -2.25. The van der Waals surface area contributed by atoms with Gasteiger partial charge in [-0.3, -0.25) is 4.79 Å². The van der Waals surface area contributed by atoms with E-state index in [2.05, 4.69) is 20.3 Å². The van der Waals surface area contributed by atoms with Crippen molar-refractivity contribution in [1.82, 2.24) is 20.3 Å². The van der Waals surface area contributed by atoms with Crippen molar-refractivity contribution in [3.63, 3.8) is 0 Å². The molecule has 1 aromatic carbocycles. The van der Waals surface area contributed by atoms with Crippen LogP contribution in [-0.2, 0) is 6.42 Å². The molecule has 0 radical (unpaired) electrons. The predicted octanol–water partition coefficient (Wildman–Crippen LogP) is 1.86. The first-order valence-corrected chi connectivity index (χ1v) is 6.17. The topological polar surface area (TPSA) is 73.6 Å². The van der Waals surface area contributed by atoms with Crippen LogP contribution in [0.5, 0.6) is 0 Å². The number of hydrogen-bond acceptors (Lipinski definition) is 2. The average Bonchev–Trinajstić information content (AvgIpc) is 3.07. The number of carbonyl (C=O) groups excluding carboxylic acids is 1. The van der Waals surface area contributed by atoms with E-state index in [-0.39, 0.29) is 5.91 Å². The van der Waals surface area contributed by atoms with Crippen LogP contribution < -0.4 is 5.32 Å². The molecule has 5 heteroatoms. The Morgan fingerprint density at radius 2 is 2.16 bits per heavy atom.